The third-order valence-corrected chi connectivity index (χ3v) is 4.24. The van der Waals surface area contributed by atoms with Crippen molar-refractivity contribution in [2.24, 2.45) is 0 Å². The van der Waals surface area contributed by atoms with Gasteiger partial charge in [-0.15, -0.1) is 0 Å². The van der Waals surface area contributed by atoms with Crippen LogP contribution in [0, 0.1) is 0 Å². The van der Waals surface area contributed by atoms with Crippen LogP contribution < -0.4 is 0 Å². The molecule has 6 nitrogen and oxygen atoms in total. The summed E-state index contributed by atoms with van der Waals surface area (Å²) in [6.07, 6.45) is -3.55. The number of halogens is 2. The molecule has 0 spiro atoms. The monoisotopic (exact) mass is 358 g/mol. The topological polar surface area (TPSA) is 86.7 Å². The van der Waals surface area contributed by atoms with Crippen LogP contribution in [0.25, 0.3) is 11.1 Å². The van der Waals surface area contributed by atoms with Gasteiger partial charge in [0.2, 0.25) is 6.43 Å². The third-order valence-electron chi connectivity index (χ3n) is 4.24. The lowest BCUT2D eigenvalue weighted by Gasteiger charge is -2.13. The second-order valence-corrected chi connectivity index (χ2v) is 5.72. The van der Waals surface area contributed by atoms with E-state index in [-0.39, 0.29) is 33.4 Å². The average molecular weight is 358 g/mol. The quantitative estimate of drug-likeness (QED) is 0.619. The van der Waals surface area contributed by atoms with Gasteiger partial charge in [0, 0.05) is 6.42 Å². The van der Waals surface area contributed by atoms with Crippen LogP contribution in [0.5, 0.6) is 0 Å². The van der Waals surface area contributed by atoms with Crippen molar-refractivity contribution in [3.05, 3.63) is 58.1 Å². The Morgan fingerprint density at radius 1 is 0.731 bits per heavy atom. The first-order chi connectivity index (χ1) is 12.4. The Bertz CT molecular complexity index is 1020. The van der Waals surface area contributed by atoms with Crippen molar-refractivity contribution >= 4 is 23.9 Å². The largest absolute Gasteiger partial charge is 0.386 e. The highest BCUT2D eigenvalue weighted by Crippen LogP contribution is 2.35. The van der Waals surface area contributed by atoms with Gasteiger partial charge in [0.1, 0.15) is 0 Å². The molecule has 130 valence electrons. The maximum Gasteiger partial charge on any atom is 0.347 e. The number of rotatable bonds is 3. The number of hydrogen-bond donors (Lipinski definition) is 0. The van der Waals surface area contributed by atoms with E-state index < -0.39 is 36.7 Å². The average Bonchev–Trinajstić information content (AvgIpc) is 3.03. The highest BCUT2D eigenvalue weighted by atomic mass is 19.3. The van der Waals surface area contributed by atoms with Gasteiger partial charge in [-0.05, 0) is 34.9 Å². The zero-order valence-electron chi connectivity index (χ0n) is 12.9. The van der Waals surface area contributed by atoms with Gasteiger partial charge in [-0.2, -0.15) is 0 Å². The summed E-state index contributed by atoms with van der Waals surface area (Å²) in [5.74, 6) is -3.50. The molecule has 0 radical (unpaired) electrons. The number of alkyl halides is 2. The highest BCUT2D eigenvalue weighted by molar-refractivity contribution is 6.17. The molecule has 0 saturated heterocycles. The Hall–Kier alpha value is -3.42. The summed E-state index contributed by atoms with van der Waals surface area (Å²) in [6.45, 7) is 0. The van der Waals surface area contributed by atoms with E-state index in [9.17, 15) is 28.0 Å². The van der Waals surface area contributed by atoms with E-state index in [1.165, 1.54) is 30.3 Å². The summed E-state index contributed by atoms with van der Waals surface area (Å²) in [7, 11) is 0. The summed E-state index contributed by atoms with van der Waals surface area (Å²) in [5, 5.41) is 0. The summed E-state index contributed by atoms with van der Waals surface area (Å²) < 4.78 is 35.2. The fourth-order valence-electron chi connectivity index (χ4n) is 3.13. The molecule has 0 aliphatic carbocycles. The van der Waals surface area contributed by atoms with Crippen molar-refractivity contribution in [1.29, 1.82) is 0 Å². The van der Waals surface area contributed by atoms with Crippen LogP contribution in [0.4, 0.5) is 8.78 Å². The van der Waals surface area contributed by atoms with Crippen molar-refractivity contribution in [2.45, 2.75) is 12.8 Å². The molecule has 0 saturated carbocycles. The van der Waals surface area contributed by atoms with Gasteiger partial charge in [0.05, 0.1) is 22.3 Å². The van der Waals surface area contributed by atoms with Crippen LogP contribution in [-0.2, 0) is 15.9 Å². The second-order valence-electron chi connectivity index (χ2n) is 5.72. The first-order valence-corrected chi connectivity index (χ1v) is 7.48. The smallest absolute Gasteiger partial charge is 0.347 e. The SMILES string of the molecule is O=C1OC(=O)c2cc(-c3ccc4c(c3CC(F)F)C(=O)OC4=O)ccc21. The van der Waals surface area contributed by atoms with Crippen LogP contribution in [-0.4, -0.2) is 30.3 Å². The van der Waals surface area contributed by atoms with E-state index in [1.54, 1.807) is 0 Å². The molecule has 0 unspecified atom stereocenters. The molecule has 0 aromatic heterocycles. The number of benzene rings is 2. The maximum absolute atomic E-state index is 13.1. The van der Waals surface area contributed by atoms with Crippen LogP contribution in [0.2, 0.25) is 0 Å². The molecule has 26 heavy (non-hydrogen) atoms. The van der Waals surface area contributed by atoms with Gasteiger partial charge in [0.25, 0.3) is 0 Å². The lowest BCUT2D eigenvalue weighted by atomic mass is 9.90. The zero-order chi connectivity index (χ0) is 18.6. The Morgan fingerprint density at radius 3 is 2.04 bits per heavy atom. The van der Waals surface area contributed by atoms with Crippen LogP contribution >= 0.6 is 0 Å². The second kappa shape index (κ2) is 5.55. The lowest BCUT2D eigenvalue weighted by Crippen LogP contribution is -2.07. The minimum absolute atomic E-state index is 0.00893. The normalized spacial score (nSPS) is 15.2. The predicted octanol–water partition coefficient (Wildman–Crippen LogP) is 2.78. The molecule has 2 aliphatic heterocycles. The molecule has 2 aromatic carbocycles. The van der Waals surface area contributed by atoms with E-state index in [2.05, 4.69) is 9.47 Å². The lowest BCUT2D eigenvalue weighted by molar-refractivity contribution is 0.0425. The first kappa shape index (κ1) is 16.1. The van der Waals surface area contributed by atoms with Crippen LogP contribution in [0.15, 0.2) is 30.3 Å². The number of carbonyl (C=O) groups is 4. The number of esters is 4. The standard InChI is InChI=1S/C18H8F2O6/c19-13(20)6-11-8(3-4-10-14(11)18(24)26-16(10)22)7-1-2-9-12(5-7)17(23)25-15(9)21/h1-5,13H,6H2. The Balaban J connectivity index is 1.93. The van der Waals surface area contributed by atoms with E-state index in [0.29, 0.717) is 5.56 Å². The van der Waals surface area contributed by atoms with E-state index in [4.69, 9.17) is 0 Å². The third kappa shape index (κ3) is 2.30. The molecule has 8 heteroatoms. The minimum Gasteiger partial charge on any atom is -0.386 e. The molecule has 0 bridgehead atoms. The molecule has 2 aromatic rings. The Kier molecular flexibility index (Phi) is 3.43. The van der Waals surface area contributed by atoms with Crippen molar-refractivity contribution in [3.8, 4) is 11.1 Å². The fourth-order valence-corrected chi connectivity index (χ4v) is 3.13. The Labute approximate surface area is 144 Å². The summed E-state index contributed by atoms with van der Waals surface area (Å²) in [5.41, 5.74) is 0.328. The number of fused-ring (bicyclic) bond motifs is 2. The molecule has 2 aliphatic rings. The molecular weight excluding hydrogens is 350 g/mol. The van der Waals surface area contributed by atoms with Gasteiger partial charge < -0.3 is 9.47 Å². The van der Waals surface area contributed by atoms with E-state index >= 15 is 0 Å². The molecule has 4 rings (SSSR count). The minimum atomic E-state index is -2.77. The van der Waals surface area contributed by atoms with Crippen molar-refractivity contribution in [3.63, 3.8) is 0 Å². The summed E-state index contributed by atoms with van der Waals surface area (Å²) in [4.78, 5) is 46.9. The van der Waals surface area contributed by atoms with Gasteiger partial charge in [0.15, 0.2) is 0 Å². The predicted molar refractivity (Wildman–Crippen MR) is 81.1 cm³/mol. The van der Waals surface area contributed by atoms with Crippen molar-refractivity contribution in [1.82, 2.24) is 0 Å². The van der Waals surface area contributed by atoms with Gasteiger partial charge in [-0.1, -0.05) is 12.1 Å². The van der Waals surface area contributed by atoms with Crippen LogP contribution in [0.3, 0.4) is 0 Å². The molecule has 0 fully saturated rings. The van der Waals surface area contributed by atoms with Gasteiger partial charge in [-0.25, -0.2) is 28.0 Å². The molecule has 0 atom stereocenters. The Morgan fingerprint density at radius 2 is 1.31 bits per heavy atom. The zero-order valence-corrected chi connectivity index (χ0v) is 12.9. The van der Waals surface area contributed by atoms with Crippen molar-refractivity contribution in [2.75, 3.05) is 0 Å². The van der Waals surface area contributed by atoms with Crippen molar-refractivity contribution < 1.29 is 37.4 Å². The molecule has 2 heterocycles. The molecule has 0 N–H and O–H groups in total. The fraction of sp³-hybridized carbons (Fsp3) is 0.111. The summed E-state index contributed by atoms with van der Waals surface area (Å²) in [6, 6.07) is 6.85. The molecular formula is C18H8F2O6. The number of ether oxygens (including phenoxy) is 2. The maximum atomic E-state index is 13.1. The van der Waals surface area contributed by atoms with Gasteiger partial charge in [-0.3, -0.25) is 0 Å². The first-order valence-electron chi connectivity index (χ1n) is 7.48. The van der Waals surface area contributed by atoms with E-state index in [1.807, 2.05) is 0 Å². The number of cyclic esters (lactones) is 4. The number of hydrogen-bond acceptors (Lipinski definition) is 6. The molecule has 0 amide bonds. The van der Waals surface area contributed by atoms with Gasteiger partial charge >= 0.3 is 23.9 Å². The van der Waals surface area contributed by atoms with Crippen LogP contribution in [0.1, 0.15) is 47.0 Å². The number of carbonyl (C=O) groups excluding carboxylic acids is 4. The summed E-state index contributed by atoms with van der Waals surface area (Å²) >= 11 is 0. The highest BCUT2D eigenvalue weighted by Gasteiger charge is 2.35. The van der Waals surface area contributed by atoms with E-state index in [0.717, 1.165) is 0 Å².